The number of alkyl halides is 1. The molecule has 1 rings (SSSR count). The number of Topliss-reactive ketones (excluding diaryl/α,β-unsaturated/α-hetero) is 1. The van der Waals surface area contributed by atoms with Crippen molar-refractivity contribution in [2.75, 3.05) is 5.33 Å². The molecule has 13 heavy (non-hydrogen) atoms. The van der Waals surface area contributed by atoms with Crippen molar-refractivity contribution in [2.45, 2.75) is 0 Å². The molecule has 0 aliphatic carbocycles. The summed E-state index contributed by atoms with van der Waals surface area (Å²) in [6.45, 7) is 0. The van der Waals surface area contributed by atoms with Gasteiger partial charge in [-0.25, -0.2) is 4.98 Å². The van der Waals surface area contributed by atoms with Crippen molar-refractivity contribution < 1.29 is 4.79 Å². The highest BCUT2D eigenvalue weighted by Crippen LogP contribution is 2.26. The Morgan fingerprint density at radius 1 is 1.46 bits per heavy atom. The van der Waals surface area contributed by atoms with Crippen LogP contribution in [0.15, 0.2) is 6.07 Å². The Morgan fingerprint density at radius 2 is 2.08 bits per heavy atom. The van der Waals surface area contributed by atoms with Gasteiger partial charge in [-0.3, -0.25) is 4.79 Å². The first-order valence-electron chi connectivity index (χ1n) is 3.17. The fourth-order valence-electron chi connectivity index (χ4n) is 0.772. The van der Waals surface area contributed by atoms with Gasteiger partial charge in [-0.05, 0) is 6.07 Å². The molecule has 6 heteroatoms. The zero-order chi connectivity index (χ0) is 10.0. The number of ketones is 1. The second-order valence-electron chi connectivity index (χ2n) is 2.15. The molecule has 1 aromatic rings. The number of hydrogen-bond acceptors (Lipinski definition) is 2. The Bertz CT molecular complexity index is 333. The van der Waals surface area contributed by atoms with Crippen LogP contribution in [0.25, 0.3) is 0 Å². The Hall–Kier alpha value is 0.170. The minimum atomic E-state index is -0.223. The van der Waals surface area contributed by atoms with Gasteiger partial charge in [0.1, 0.15) is 10.3 Å². The summed E-state index contributed by atoms with van der Waals surface area (Å²) < 4.78 is 0. The third kappa shape index (κ3) is 2.56. The topological polar surface area (TPSA) is 30.0 Å². The lowest BCUT2D eigenvalue weighted by Gasteiger charge is -2.03. The summed E-state index contributed by atoms with van der Waals surface area (Å²) in [7, 11) is 0. The van der Waals surface area contributed by atoms with Gasteiger partial charge in [0.15, 0.2) is 5.78 Å². The van der Waals surface area contributed by atoms with Gasteiger partial charge in [-0.2, -0.15) is 0 Å². The van der Waals surface area contributed by atoms with Crippen LogP contribution in [0.4, 0.5) is 0 Å². The number of hydrogen-bond donors (Lipinski definition) is 0. The highest BCUT2D eigenvalue weighted by atomic mass is 79.9. The first-order chi connectivity index (χ1) is 6.06. The van der Waals surface area contributed by atoms with Crippen molar-refractivity contribution >= 4 is 56.5 Å². The van der Waals surface area contributed by atoms with E-state index in [0.29, 0.717) is 0 Å². The zero-order valence-electron chi connectivity index (χ0n) is 6.15. The maximum Gasteiger partial charge on any atom is 0.177 e. The SMILES string of the molecule is O=C(CBr)c1c(Cl)cc(Cl)nc1Cl. The average molecular weight is 303 g/mol. The number of halogens is 4. The highest BCUT2D eigenvalue weighted by Gasteiger charge is 2.15. The Balaban J connectivity index is 3.28. The molecule has 1 aromatic heterocycles. The molecule has 0 aliphatic heterocycles. The van der Waals surface area contributed by atoms with Gasteiger partial charge in [0.05, 0.1) is 15.9 Å². The van der Waals surface area contributed by atoms with Crippen LogP contribution in [0.1, 0.15) is 10.4 Å². The molecular formula is C7H3BrCl3NO. The van der Waals surface area contributed by atoms with E-state index < -0.39 is 0 Å². The molecule has 0 spiro atoms. The number of nitrogens with zero attached hydrogens (tertiary/aromatic N) is 1. The average Bonchev–Trinajstić information content (AvgIpc) is 2.02. The maximum absolute atomic E-state index is 11.3. The van der Waals surface area contributed by atoms with Crippen LogP contribution in [-0.4, -0.2) is 16.1 Å². The van der Waals surface area contributed by atoms with E-state index in [0.717, 1.165) is 0 Å². The highest BCUT2D eigenvalue weighted by molar-refractivity contribution is 9.09. The number of pyridine rings is 1. The van der Waals surface area contributed by atoms with E-state index in [1.165, 1.54) is 6.07 Å². The molecule has 0 saturated carbocycles. The third-order valence-electron chi connectivity index (χ3n) is 1.30. The first kappa shape index (κ1) is 11.2. The van der Waals surface area contributed by atoms with Crippen LogP contribution in [0.3, 0.4) is 0 Å². The summed E-state index contributed by atoms with van der Waals surface area (Å²) in [4.78, 5) is 15.0. The molecule has 1 heterocycles. The Labute approximate surface area is 98.3 Å². The molecule has 0 radical (unpaired) electrons. The molecule has 0 N–H and O–H groups in total. The predicted octanol–water partition coefficient (Wildman–Crippen LogP) is 3.62. The number of rotatable bonds is 2. The molecule has 2 nitrogen and oxygen atoms in total. The van der Waals surface area contributed by atoms with E-state index in [2.05, 4.69) is 20.9 Å². The number of carbonyl (C=O) groups is 1. The molecule has 0 aliphatic rings. The number of carbonyl (C=O) groups excluding carboxylic acids is 1. The van der Waals surface area contributed by atoms with Gasteiger partial charge >= 0.3 is 0 Å². The van der Waals surface area contributed by atoms with Crippen molar-refractivity contribution in [2.24, 2.45) is 0 Å². The second kappa shape index (κ2) is 4.60. The fourth-order valence-corrected chi connectivity index (χ4v) is 1.99. The molecule has 0 bridgehead atoms. The summed E-state index contributed by atoms with van der Waals surface area (Å²) in [5.74, 6) is -0.223. The van der Waals surface area contributed by atoms with Crippen LogP contribution < -0.4 is 0 Å². The van der Waals surface area contributed by atoms with Crippen LogP contribution in [-0.2, 0) is 0 Å². The first-order valence-corrected chi connectivity index (χ1v) is 5.42. The quantitative estimate of drug-likeness (QED) is 0.474. The summed E-state index contributed by atoms with van der Waals surface area (Å²) in [5, 5.41) is 0.563. The van der Waals surface area contributed by atoms with Crippen LogP contribution in [0, 0.1) is 0 Å². The maximum atomic E-state index is 11.3. The Morgan fingerprint density at radius 3 is 2.54 bits per heavy atom. The molecule has 0 aromatic carbocycles. The Kier molecular flexibility index (Phi) is 3.98. The van der Waals surface area contributed by atoms with E-state index >= 15 is 0 Å². The molecule has 0 atom stereocenters. The molecule has 0 saturated heterocycles. The van der Waals surface area contributed by atoms with Crippen LogP contribution in [0.2, 0.25) is 15.3 Å². The van der Waals surface area contributed by atoms with E-state index in [-0.39, 0.29) is 32.0 Å². The smallest absolute Gasteiger partial charge is 0.177 e. The van der Waals surface area contributed by atoms with E-state index in [1.54, 1.807) is 0 Å². The van der Waals surface area contributed by atoms with Gasteiger partial charge in [-0.1, -0.05) is 50.7 Å². The number of aromatic nitrogens is 1. The van der Waals surface area contributed by atoms with Crippen molar-refractivity contribution in [3.05, 3.63) is 27.0 Å². The summed E-state index contributed by atoms with van der Waals surface area (Å²) in [6.07, 6.45) is 0. The summed E-state index contributed by atoms with van der Waals surface area (Å²) >= 11 is 20.0. The third-order valence-corrected chi connectivity index (χ3v) is 2.57. The molecule has 0 unspecified atom stereocenters. The van der Waals surface area contributed by atoms with Gasteiger partial charge in [0.25, 0.3) is 0 Å². The lowest BCUT2D eigenvalue weighted by molar-refractivity contribution is 0.102. The van der Waals surface area contributed by atoms with Crippen LogP contribution in [0.5, 0.6) is 0 Å². The minimum Gasteiger partial charge on any atom is -0.293 e. The standard InChI is InChI=1S/C7H3BrCl3NO/c8-2-4(13)6-3(9)1-5(10)12-7(6)11/h1H,2H2. The molecule has 70 valence electrons. The molecule has 0 amide bonds. The monoisotopic (exact) mass is 301 g/mol. The fraction of sp³-hybridized carbons (Fsp3) is 0.143. The van der Waals surface area contributed by atoms with E-state index in [4.69, 9.17) is 34.8 Å². The largest absolute Gasteiger partial charge is 0.293 e. The van der Waals surface area contributed by atoms with Crippen molar-refractivity contribution in [3.63, 3.8) is 0 Å². The normalized spacial score (nSPS) is 10.2. The zero-order valence-corrected chi connectivity index (χ0v) is 10.0. The van der Waals surface area contributed by atoms with E-state index in [1.807, 2.05) is 0 Å². The van der Waals surface area contributed by atoms with Crippen molar-refractivity contribution in [1.29, 1.82) is 0 Å². The van der Waals surface area contributed by atoms with Crippen molar-refractivity contribution in [1.82, 2.24) is 4.98 Å². The second-order valence-corrected chi connectivity index (χ2v) is 3.86. The summed E-state index contributed by atoms with van der Waals surface area (Å²) in [6, 6.07) is 1.38. The minimum absolute atomic E-state index is 0.0296. The van der Waals surface area contributed by atoms with Gasteiger partial charge in [-0.15, -0.1) is 0 Å². The van der Waals surface area contributed by atoms with Gasteiger partial charge in [0, 0.05) is 0 Å². The van der Waals surface area contributed by atoms with Crippen LogP contribution >= 0.6 is 50.7 Å². The molecule has 0 fully saturated rings. The lowest BCUT2D eigenvalue weighted by atomic mass is 10.2. The van der Waals surface area contributed by atoms with E-state index in [9.17, 15) is 4.79 Å². The van der Waals surface area contributed by atoms with Gasteiger partial charge in [0.2, 0.25) is 0 Å². The lowest BCUT2D eigenvalue weighted by Crippen LogP contribution is -2.03. The molecular weight excluding hydrogens is 300 g/mol. The van der Waals surface area contributed by atoms with Gasteiger partial charge < -0.3 is 0 Å². The van der Waals surface area contributed by atoms with Crippen molar-refractivity contribution in [3.8, 4) is 0 Å². The summed E-state index contributed by atoms with van der Waals surface area (Å²) in [5.41, 5.74) is 0.199. The predicted molar refractivity (Wildman–Crippen MR) is 57.4 cm³/mol.